The molecule has 0 radical (unpaired) electrons. The van der Waals surface area contributed by atoms with Crippen molar-refractivity contribution in [3.63, 3.8) is 0 Å². The third-order valence-electron chi connectivity index (χ3n) is 4.16. The summed E-state index contributed by atoms with van der Waals surface area (Å²) in [5.41, 5.74) is 3.89. The molecule has 4 rings (SSSR count). The Balaban J connectivity index is 1.89. The first-order chi connectivity index (χ1) is 9.20. The summed E-state index contributed by atoms with van der Waals surface area (Å²) in [7, 11) is 0. The van der Waals surface area contributed by atoms with Crippen molar-refractivity contribution >= 4 is 33.3 Å². The quantitative estimate of drug-likeness (QED) is 0.801. The van der Waals surface area contributed by atoms with E-state index in [1.54, 1.807) is 6.20 Å². The van der Waals surface area contributed by atoms with Gasteiger partial charge in [-0.05, 0) is 46.0 Å². The monoisotopic (exact) mass is 335 g/mol. The minimum Gasteiger partial charge on any atom is -0.369 e. The van der Waals surface area contributed by atoms with Crippen LogP contribution in [-0.4, -0.2) is 16.5 Å². The van der Waals surface area contributed by atoms with Crippen LogP contribution in [0.1, 0.15) is 16.7 Å². The van der Waals surface area contributed by atoms with Crippen LogP contribution in [0.15, 0.2) is 29.1 Å². The second kappa shape index (κ2) is 3.93. The van der Waals surface area contributed by atoms with Crippen molar-refractivity contribution < 1.29 is 0 Å². The highest BCUT2D eigenvalue weighted by Gasteiger charge is 2.46. The van der Waals surface area contributed by atoms with Crippen LogP contribution in [0.5, 0.6) is 0 Å². The minimum atomic E-state index is 0.0363. The predicted octanol–water partition coefficient (Wildman–Crippen LogP) is 3.35. The van der Waals surface area contributed by atoms with Gasteiger partial charge in [-0.15, -0.1) is 0 Å². The predicted molar refractivity (Wildman–Crippen MR) is 78.8 cm³/mol. The largest absolute Gasteiger partial charge is 0.369 e. The van der Waals surface area contributed by atoms with Gasteiger partial charge in [-0.25, -0.2) is 4.98 Å². The van der Waals surface area contributed by atoms with Crippen LogP contribution in [0, 0.1) is 0 Å². The van der Waals surface area contributed by atoms with Crippen LogP contribution >= 0.6 is 27.5 Å². The van der Waals surface area contributed by atoms with Crippen molar-refractivity contribution in [2.45, 2.75) is 18.3 Å². The molecule has 19 heavy (non-hydrogen) atoms. The fourth-order valence-corrected chi connectivity index (χ4v) is 3.95. The molecule has 96 valence electrons. The first-order valence-corrected chi connectivity index (χ1v) is 7.37. The molecule has 5 heteroatoms. The smallest absolute Gasteiger partial charge is 0.131 e. The summed E-state index contributed by atoms with van der Waals surface area (Å²) in [5, 5.41) is 4.19. The molecular weight excluding hydrogens is 326 g/mol. The van der Waals surface area contributed by atoms with Gasteiger partial charge in [0, 0.05) is 36.1 Å². The summed E-state index contributed by atoms with van der Waals surface area (Å²) in [5.74, 6) is 0.925. The Bertz CT molecular complexity index is 661. The summed E-state index contributed by atoms with van der Waals surface area (Å²) in [6.45, 7) is 0.889. The number of anilines is 1. The van der Waals surface area contributed by atoms with E-state index in [9.17, 15) is 0 Å². The third kappa shape index (κ3) is 1.56. The van der Waals surface area contributed by atoms with Gasteiger partial charge in [0.1, 0.15) is 5.82 Å². The molecule has 2 aromatic rings. The molecule has 0 aromatic carbocycles. The summed E-state index contributed by atoms with van der Waals surface area (Å²) in [4.78, 5) is 8.67. The summed E-state index contributed by atoms with van der Waals surface area (Å²) in [6.07, 6.45) is 7.58. The SMILES string of the molecule is Clc1c(Br)cnc2c1[C@@]1(CN2)Cc2ccncc2C1. The molecule has 0 unspecified atom stereocenters. The maximum Gasteiger partial charge on any atom is 0.131 e. The lowest BCUT2D eigenvalue weighted by atomic mass is 9.80. The molecule has 0 fully saturated rings. The minimum absolute atomic E-state index is 0.0363. The van der Waals surface area contributed by atoms with Gasteiger partial charge in [0.25, 0.3) is 0 Å². The molecule has 2 aromatic heterocycles. The van der Waals surface area contributed by atoms with Gasteiger partial charge in [-0.3, -0.25) is 4.98 Å². The Labute approximate surface area is 124 Å². The fourth-order valence-electron chi connectivity index (χ4n) is 3.31. The lowest BCUT2D eigenvalue weighted by Gasteiger charge is -2.23. The number of aromatic nitrogens is 2. The van der Waals surface area contributed by atoms with Gasteiger partial charge in [0.05, 0.1) is 9.50 Å². The van der Waals surface area contributed by atoms with E-state index in [-0.39, 0.29) is 5.41 Å². The van der Waals surface area contributed by atoms with E-state index in [2.05, 4.69) is 37.3 Å². The highest BCUT2D eigenvalue weighted by atomic mass is 79.9. The lowest BCUT2D eigenvalue weighted by molar-refractivity contribution is 0.501. The van der Waals surface area contributed by atoms with Crippen molar-refractivity contribution in [2.24, 2.45) is 0 Å². The number of hydrogen-bond acceptors (Lipinski definition) is 3. The van der Waals surface area contributed by atoms with Crippen LogP contribution in [0.25, 0.3) is 0 Å². The van der Waals surface area contributed by atoms with Gasteiger partial charge in [-0.2, -0.15) is 0 Å². The standard InChI is InChI=1S/C14H11BrClN3/c15-10-6-18-13-11(12(10)16)14(7-19-13)3-8-1-2-17-5-9(8)4-14/h1-2,5-6H,3-4,7H2,(H,18,19)/t14-/m0/s1. The number of halogens is 2. The van der Waals surface area contributed by atoms with E-state index >= 15 is 0 Å². The summed E-state index contributed by atoms with van der Waals surface area (Å²) >= 11 is 9.99. The maximum absolute atomic E-state index is 6.51. The number of fused-ring (bicyclic) bond motifs is 3. The zero-order chi connectivity index (χ0) is 13.0. The Morgan fingerprint density at radius 2 is 2.11 bits per heavy atom. The molecule has 3 nitrogen and oxygen atoms in total. The van der Waals surface area contributed by atoms with E-state index in [0.29, 0.717) is 0 Å². The van der Waals surface area contributed by atoms with E-state index in [0.717, 1.165) is 40.3 Å². The number of rotatable bonds is 0. The Morgan fingerprint density at radius 3 is 2.95 bits per heavy atom. The van der Waals surface area contributed by atoms with Crippen molar-refractivity contribution in [3.05, 3.63) is 50.8 Å². The molecule has 1 N–H and O–H groups in total. The molecule has 3 heterocycles. The normalized spacial score (nSPS) is 23.3. The van der Waals surface area contributed by atoms with Gasteiger partial charge in [0.15, 0.2) is 0 Å². The highest BCUT2D eigenvalue weighted by molar-refractivity contribution is 9.10. The molecule has 0 saturated carbocycles. The Morgan fingerprint density at radius 1 is 1.26 bits per heavy atom. The molecule has 1 aliphatic carbocycles. The van der Waals surface area contributed by atoms with Crippen LogP contribution in [0.2, 0.25) is 5.02 Å². The van der Waals surface area contributed by atoms with Gasteiger partial charge >= 0.3 is 0 Å². The third-order valence-corrected chi connectivity index (χ3v) is 5.38. The van der Waals surface area contributed by atoms with Crippen LogP contribution in [-0.2, 0) is 18.3 Å². The number of pyridine rings is 2. The van der Waals surface area contributed by atoms with Gasteiger partial charge in [0.2, 0.25) is 0 Å². The van der Waals surface area contributed by atoms with Gasteiger partial charge < -0.3 is 5.32 Å². The Hall–Kier alpha value is -1.13. The number of nitrogens with one attached hydrogen (secondary N) is 1. The van der Waals surface area contributed by atoms with Crippen LogP contribution in [0.4, 0.5) is 5.82 Å². The number of nitrogens with zero attached hydrogens (tertiary/aromatic N) is 2. The van der Waals surface area contributed by atoms with Gasteiger partial charge in [-0.1, -0.05) is 11.6 Å². The average Bonchev–Trinajstić information content (AvgIpc) is 2.95. The molecule has 0 saturated heterocycles. The second-order valence-electron chi connectivity index (χ2n) is 5.28. The lowest BCUT2D eigenvalue weighted by Crippen LogP contribution is -2.29. The molecule has 0 bridgehead atoms. The molecular formula is C14H11BrClN3. The van der Waals surface area contributed by atoms with E-state index < -0.39 is 0 Å². The van der Waals surface area contributed by atoms with Crippen molar-refractivity contribution in [2.75, 3.05) is 11.9 Å². The van der Waals surface area contributed by atoms with E-state index in [1.807, 2.05) is 12.4 Å². The van der Waals surface area contributed by atoms with E-state index in [1.165, 1.54) is 11.1 Å². The molecule has 2 aliphatic rings. The van der Waals surface area contributed by atoms with Crippen molar-refractivity contribution in [1.82, 2.24) is 9.97 Å². The highest BCUT2D eigenvalue weighted by Crippen LogP contribution is 2.49. The Kier molecular flexibility index (Phi) is 2.42. The molecule has 1 atom stereocenters. The maximum atomic E-state index is 6.51. The van der Waals surface area contributed by atoms with E-state index in [4.69, 9.17) is 11.6 Å². The first-order valence-electron chi connectivity index (χ1n) is 6.20. The molecule has 1 aliphatic heterocycles. The molecule has 0 amide bonds. The van der Waals surface area contributed by atoms with Crippen LogP contribution < -0.4 is 5.32 Å². The van der Waals surface area contributed by atoms with Crippen molar-refractivity contribution in [1.29, 1.82) is 0 Å². The second-order valence-corrected chi connectivity index (χ2v) is 6.51. The van der Waals surface area contributed by atoms with Crippen molar-refractivity contribution in [3.8, 4) is 0 Å². The molecule has 1 spiro atoms. The topological polar surface area (TPSA) is 37.8 Å². The fraction of sp³-hybridized carbons (Fsp3) is 0.286. The first kappa shape index (κ1) is 11.7. The zero-order valence-corrected chi connectivity index (χ0v) is 12.4. The average molecular weight is 337 g/mol. The summed E-state index contributed by atoms with van der Waals surface area (Å²) < 4.78 is 0.866. The zero-order valence-electron chi connectivity index (χ0n) is 10.1. The van der Waals surface area contributed by atoms with Crippen LogP contribution in [0.3, 0.4) is 0 Å². The summed E-state index contributed by atoms with van der Waals surface area (Å²) in [6, 6.07) is 2.11. The number of hydrogen-bond donors (Lipinski definition) is 1.